The molecule has 0 aromatic rings. The maximum Gasteiger partial charge on any atom is 0.143 e. The van der Waals surface area contributed by atoms with Crippen molar-refractivity contribution in [3.05, 3.63) is 5.32 Å². The Morgan fingerprint density at radius 3 is 2.83 bits per heavy atom. The lowest BCUT2D eigenvalue weighted by Crippen LogP contribution is -2.25. The first-order valence-corrected chi connectivity index (χ1v) is 3.86. The van der Waals surface area contributed by atoms with Crippen molar-refractivity contribution in [3.63, 3.8) is 0 Å². The van der Waals surface area contributed by atoms with Crippen LogP contribution in [-0.4, -0.2) is 43.5 Å². The van der Waals surface area contributed by atoms with Crippen LogP contribution in [0.1, 0.15) is 6.92 Å². The third-order valence-corrected chi connectivity index (χ3v) is 1.47. The molecule has 1 heterocycles. The molecule has 0 aliphatic carbocycles. The quantitative estimate of drug-likeness (QED) is 0.553. The summed E-state index contributed by atoms with van der Waals surface area (Å²) in [6.45, 7) is 2.60. The first-order valence-electron chi connectivity index (χ1n) is 3.86. The summed E-state index contributed by atoms with van der Waals surface area (Å²) in [5, 5.41) is 4.31. The third-order valence-electron chi connectivity index (χ3n) is 1.47. The van der Waals surface area contributed by atoms with Gasteiger partial charge in [-0.2, -0.15) is 0 Å². The van der Waals surface area contributed by atoms with Crippen LogP contribution in [0, 0.1) is 0 Å². The van der Waals surface area contributed by atoms with Crippen molar-refractivity contribution >= 4 is 11.9 Å². The molecule has 0 bridgehead atoms. The van der Waals surface area contributed by atoms with Crippen LogP contribution in [-0.2, 0) is 0 Å². The second-order valence-corrected chi connectivity index (χ2v) is 2.98. The number of guanidine groups is 2. The van der Waals surface area contributed by atoms with Crippen LogP contribution in [0.3, 0.4) is 0 Å². The molecule has 0 amide bonds. The van der Waals surface area contributed by atoms with Crippen LogP contribution in [0.5, 0.6) is 0 Å². The Morgan fingerprint density at radius 1 is 1.58 bits per heavy atom. The summed E-state index contributed by atoms with van der Waals surface area (Å²) in [6, 6.07) is 0.159. The van der Waals surface area contributed by atoms with Crippen LogP contribution in [0.2, 0.25) is 0 Å². The minimum Gasteiger partial charge on any atom is -0.432 e. The van der Waals surface area contributed by atoms with Crippen molar-refractivity contribution in [2.24, 2.45) is 15.7 Å². The van der Waals surface area contributed by atoms with Gasteiger partial charge in [0.05, 0.1) is 0 Å². The van der Waals surface area contributed by atoms with Gasteiger partial charge in [0, 0.05) is 18.5 Å². The molecule has 5 heteroatoms. The van der Waals surface area contributed by atoms with E-state index < -0.39 is 0 Å². The summed E-state index contributed by atoms with van der Waals surface area (Å²) in [4.78, 5) is 9.88. The normalized spacial score (nSPS) is 23.4. The van der Waals surface area contributed by atoms with Crippen molar-refractivity contribution in [1.82, 2.24) is 4.90 Å². The van der Waals surface area contributed by atoms with Gasteiger partial charge < -0.3 is 20.9 Å². The average Bonchev–Trinajstić information content (AvgIpc) is 2.13. The molecule has 1 aliphatic rings. The predicted molar refractivity (Wildman–Crippen MR) is 50.4 cm³/mol. The van der Waals surface area contributed by atoms with Crippen molar-refractivity contribution < 1.29 is 0 Å². The van der Waals surface area contributed by atoms with Gasteiger partial charge in [-0.05, 0) is 14.1 Å². The fourth-order valence-electron chi connectivity index (χ4n) is 0.846. The Bertz CT molecular complexity index is 218. The van der Waals surface area contributed by atoms with Crippen LogP contribution in [0.4, 0.5) is 0 Å². The summed E-state index contributed by atoms with van der Waals surface area (Å²) < 4.78 is 0. The molecule has 0 radical (unpaired) electrons. The zero-order chi connectivity index (χ0) is 9.14. The topological polar surface area (TPSA) is 68.1 Å². The van der Waals surface area contributed by atoms with Crippen molar-refractivity contribution in [2.75, 3.05) is 20.6 Å². The zero-order valence-corrected chi connectivity index (χ0v) is 7.65. The van der Waals surface area contributed by atoms with Crippen LogP contribution < -0.4 is 5.73 Å². The molecule has 1 atom stereocenters. The van der Waals surface area contributed by atoms with Crippen LogP contribution in [0.15, 0.2) is 9.98 Å². The molecule has 0 saturated heterocycles. The Hall–Kier alpha value is -1.26. The van der Waals surface area contributed by atoms with Gasteiger partial charge in [-0.3, -0.25) is 4.99 Å². The summed E-state index contributed by atoms with van der Waals surface area (Å²) in [5.74, 6) is 0.952. The lowest BCUT2D eigenvalue weighted by molar-refractivity contribution is 0.618. The summed E-state index contributed by atoms with van der Waals surface area (Å²) in [6.07, 6.45) is 0. The zero-order valence-electron chi connectivity index (χ0n) is 7.65. The van der Waals surface area contributed by atoms with E-state index in [9.17, 15) is 0 Å². The molecule has 68 valence electrons. The molecule has 1 rings (SSSR count). The Kier molecular flexibility index (Phi) is 2.52. The van der Waals surface area contributed by atoms with Gasteiger partial charge in [0.25, 0.3) is 0 Å². The Balaban J connectivity index is 2.78. The van der Waals surface area contributed by atoms with Crippen molar-refractivity contribution in [2.45, 2.75) is 13.0 Å². The highest BCUT2D eigenvalue weighted by atomic mass is 15.3. The van der Waals surface area contributed by atoms with Gasteiger partial charge in [-0.1, -0.05) is 6.92 Å². The molecule has 0 fully saturated rings. The number of aliphatic imine (C=N–C) groups is 2. The lowest BCUT2D eigenvalue weighted by Gasteiger charge is -2.27. The van der Waals surface area contributed by atoms with E-state index in [0.717, 1.165) is 0 Å². The molecular weight excluding hydrogens is 154 g/mol. The second-order valence-electron chi connectivity index (χ2n) is 2.98. The van der Waals surface area contributed by atoms with Crippen molar-refractivity contribution in [3.8, 4) is 0 Å². The standard InChI is InChI=1S/C7H14N5/c1-5-4-9-6(8)11-7(10-5)12(2)3/h5H,4H2,1-3H3,(H2-,8,9,10,11)/q-1. The molecule has 0 saturated carbocycles. The largest absolute Gasteiger partial charge is 0.432 e. The van der Waals surface area contributed by atoms with E-state index >= 15 is 0 Å². The van der Waals surface area contributed by atoms with E-state index in [0.29, 0.717) is 18.5 Å². The Labute approximate surface area is 72.4 Å². The minimum atomic E-state index is 0.159. The molecular formula is C7H14N5-. The molecule has 1 unspecified atom stereocenters. The van der Waals surface area contributed by atoms with Gasteiger partial charge in [0.15, 0.2) is 0 Å². The van der Waals surface area contributed by atoms with Crippen LogP contribution in [0.25, 0.3) is 5.32 Å². The average molecular weight is 168 g/mol. The summed E-state index contributed by atoms with van der Waals surface area (Å²) in [5.41, 5.74) is 5.50. The predicted octanol–water partition coefficient (Wildman–Crippen LogP) is -0.00550. The first-order chi connectivity index (χ1) is 5.59. The first kappa shape index (κ1) is 8.83. The number of hydrogen-bond acceptors (Lipinski definition) is 4. The fourth-order valence-corrected chi connectivity index (χ4v) is 0.846. The fraction of sp³-hybridized carbons (Fsp3) is 0.714. The highest BCUT2D eigenvalue weighted by Crippen LogP contribution is 2.07. The van der Waals surface area contributed by atoms with Crippen molar-refractivity contribution in [1.29, 1.82) is 0 Å². The third kappa shape index (κ3) is 2.11. The van der Waals surface area contributed by atoms with E-state index in [1.165, 1.54) is 0 Å². The van der Waals surface area contributed by atoms with Gasteiger partial charge in [-0.25, -0.2) is 0 Å². The molecule has 1 aliphatic heterocycles. The monoisotopic (exact) mass is 168 g/mol. The molecule has 2 N–H and O–H groups in total. The lowest BCUT2D eigenvalue weighted by atomic mass is 10.3. The maximum absolute atomic E-state index is 5.50. The number of rotatable bonds is 0. The molecule has 0 aromatic carbocycles. The van der Waals surface area contributed by atoms with E-state index in [1.807, 2.05) is 25.9 Å². The summed E-state index contributed by atoms with van der Waals surface area (Å²) >= 11 is 0. The number of nitrogens with two attached hydrogens (primary N) is 1. The number of nitrogens with zero attached hydrogens (tertiary/aromatic N) is 4. The van der Waals surface area contributed by atoms with Crippen LogP contribution >= 0.6 is 0 Å². The SMILES string of the molecule is CC1CN=C(N)N=C(N(C)C)[N-]1. The van der Waals surface area contributed by atoms with Gasteiger partial charge >= 0.3 is 0 Å². The van der Waals surface area contributed by atoms with E-state index in [2.05, 4.69) is 15.3 Å². The molecule has 0 aromatic heterocycles. The number of hydrogen-bond donors (Lipinski definition) is 1. The molecule has 12 heavy (non-hydrogen) atoms. The minimum absolute atomic E-state index is 0.159. The smallest absolute Gasteiger partial charge is 0.143 e. The highest BCUT2D eigenvalue weighted by Gasteiger charge is 2.03. The molecule has 5 nitrogen and oxygen atoms in total. The van der Waals surface area contributed by atoms with E-state index in [-0.39, 0.29) is 6.04 Å². The highest BCUT2D eigenvalue weighted by molar-refractivity contribution is 6.01. The Morgan fingerprint density at radius 2 is 2.25 bits per heavy atom. The maximum atomic E-state index is 5.50. The van der Waals surface area contributed by atoms with E-state index in [1.54, 1.807) is 0 Å². The molecule has 0 spiro atoms. The van der Waals surface area contributed by atoms with Gasteiger partial charge in [0.1, 0.15) is 5.96 Å². The van der Waals surface area contributed by atoms with Gasteiger partial charge in [-0.15, -0.1) is 0 Å². The van der Waals surface area contributed by atoms with Gasteiger partial charge in [0.2, 0.25) is 0 Å². The summed E-state index contributed by atoms with van der Waals surface area (Å²) in [7, 11) is 3.77. The second kappa shape index (κ2) is 3.42. The van der Waals surface area contributed by atoms with E-state index in [4.69, 9.17) is 5.73 Å².